The van der Waals surface area contributed by atoms with E-state index in [0.29, 0.717) is 38.9 Å². The van der Waals surface area contributed by atoms with E-state index >= 15 is 0 Å². The fraction of sp³-hybridized carbons (Fsp3) is 0.200. The Morgan fingerprint density at radius 2 is 1.84 bits per heavy atom. The molecule has 0 aliphatic carbocycles. The number of anilines is 2. The molecule has 5 rings (SSSR count). The highest BCUT2D eigenvalue weighted by molar-refractivity contribution is 6.33. The van der Waals surface area contributed by atoms with Crippen molar-refractivity contribution in [3.8, 4) is 22.5 Å². The summed E-state index contributed by atoms with van der Waals surface area (Å²) in [6.07, 6.45) is 0.773. The van der Waals surface area contributed by atoms with Crippen LogP contribution in [-0.2, 0) is 4.74 Å². The van der Waals surface area contributed by atoms with Crippen LogP contribution in [0.4, 0.5) is 29.7 Å². The van der Waals surface area contributed by atoms with Gasteiger partial charge >= 0.3 is 12.1 Å². The summed E-state index contributed by atoms with van der Waals surface area (Å²) in [6.45, 7) is -0.622. The second-order valence-electron chi connectivity index (χ2n) is 8.53. The Morgan fingerprint density at radius 1 is 1.08 bits per heavy atom. The van der Waals surface area contributed by atoms with Gasteiger partial charge in [-0.25, -0.2) is 28.3 Å². The number of urea groups is 1. The van der Waals surface area contributed by atoms with Gasteiger partial charge in [-0.2, -0.15) is 0 Å². The largest absolute Gasteiger partial charge is 0.453 e. The van der Waals surface area contributed by atoms with Crippen molar-refractivity contribution < 1.29 is 23.1 Å². The fourth-order valence-corrected chi connectivity index (χ4v) is 4.20. The molecular weight excluding hydrogens is 506 g/mol. The number of hydrogen-bond acceptors (Lipinski definition) is 5. The second-order valence-corrected chi connectivity index (χ2v) is 8.93. The first-order valence-electron chi connectivity index (χ1n) is 11.3. The van der Waals surface area contributed by atoms with Gasteiger partial charge in [-0.3, -0.25) is 5.32 Å². The summed E-state index contributed by atoms with van der Waals surface area (Å²) in [4.78, 5) is 37.0. The number of hydrogen-bond donors (Lipinski definition) is 3. The number of aromatic amines is 1. The number of aromatic nitrogens is 3. The Hall–Kier alpha value is -4.25. The number of nitrogens with one attached hydrogen (secondary N) is 3. The lowest BCUT2D eigenvalue weighted by Crippen LogP contribution is -2.34. The van der Waals surface area contributed by atoms with Crippen LogP contribution in [0.25, 0.3) is 33.7 Å². The second kappa shape index (κ2) is 9.66. The Kier molecular flexibility index (Phi) is 6.38. The smallest absolute Gasteiger partial charge is 0.411 e. The maximum atomic E-state index is 13.5. The van der Waals surface area contributed by atoms with Crippen molar-refractivity contribution in [3.05, 3.63) is 59.8 Å². The van der Waals surface area contributed by atoms with E-state index in [9.17, 15) is 18.4 Å². The minimum Gasteiger partial charge on any atom is -0.453 e. The third kappa shape index (κ3) is 5.31. The van der Waals surface area contributed by atoms with Gasteiger partial charge in [0.15, 0.2) is 5.65 Å². The summed E-state index contributed by atoms with van der Waals surface area (Å²) >= 11 is 6.41. The summed E-state index contributed by atoms with van der Waals surface area (Å²) in [6, 6.07) is 13.3. The zero-order chi connectivity index (χ0) is 26.2. The number of benzene rings is 2. The molecule has 0 atom stereocenters. The third-order valence-electron chi connectivity index (χ3n) is 5.92. The molecule has 0 spiro atoms. The monoisotopic (exact) mass is 526 g/mol. The number of ether oxygens (including phenoxy) is 1. The first kappa shape index (κ1) is 24.4. The molecule has 9 nitrogen and oxygen atoms in total. The van der Waals surface area contributed by atoms with Crippen LogP contribution in [0.3, 0.4) is 0 Å². The number of imidazole rings is 1. The number of fused-ring (bicyclic) bond motifs is 1. The van der Waals surface area contributed by atoms with Gasteiger partial charge in [0.25, 0.3) is 5.92 Å². The molecule has 1 saturated heterocycles. The molecule has 0 radical (unpaired) electrons. The van der Waals surface area contributed by atoms with Crippen LogP contribution < -0.4 is 10.6 Å². The lowest BCUT2D eigenvalue weighted by atomic mass is 10.1. The summed E-state index contributed by atoms with van der Waals surface area (Å²) in [5.41, 5.74) is 4.33. The molecule has 190 valence electrons. The number of alkyl halides is 2. The molecule has 3 amide bonds. The number of methoxy groups -OCH3 is 1. The number of rotatable bonds is 4. The summed E-state index contributed by atoms with van der Waals surface area (Å²) < 4.78 is 31.5. The van der Waals surface area contributed by atoms with Crippen LogP contribution in [0.1, 0.15) is 6.42 Å². The van der Waals surface area contributed by atoms with Crippen molar-refractivity contribution in [2.45, 2.75) is 12.3 Å². The number of carbonyl (C=O) groups excluding carboxylic acids is 2. The Labute approximate surface area is 214 Å². The van der Waals surface area contributed by atoms with Crippen molar-refractivity contribution in [2.75, 3.05) is 30.8 Å². The van der Waals surface area contributed by atoms with E-state index in [1.807, 2.05) is 18.2 Å². The molecule has 3 N–H and O–H groups in total. The summed E-state index contributed by atoms with van der Waals surface area (Å²) in [5.74, 6) is -2.43. The number of H-pyrrole nitrogens is 1. The van der Waals surface area contributed by atoms with Crippen LogP contribution >= 0.6 is 11.6 Å². The number of halogens is 3. The van der Waals surface area contributed by atoms with Crippen molar-refractivity contribution in [1.29, 1.82) is 0 Å². The average Bonchev–Trinajstić information content (AvgIpc) is 3.47. The lowest BCUT2D eigenvalue weighted by molar-refractivity contribution is 0.0159. The molecule has 12 heteroatoms. The SMILES string of the molecule is COC(=O)Nc1ccc(-c2cnc3nc(-c4cc(NC(=O)N5CCC(F)(F)C5)ccc4Cl)[nH]c3c2)cc1. The number of amides is 3. The molecule has 4 aromatic rings. The quantitative estimate of drug-likeness (QED) is 0.302. The first-order chi connectivity index (χ1) is 17.7. The predicted octanol–water partition coefficient (Wildman–Crippen LogP) is 6.00. The van der Waals surface area contributed by atoms with E-state index in [1.54, 1.807) is 36.5 Å². The Bertz CT molecular complexity index is 1490. The molecule has 37 heavy (non-hydrogen) atoms. The van der Waals surface area contributed by atoms with E-state index < -0.39 is 24.6 Å². The average molecular weight is 527 g/mol. The first-order valence-corrected chi connectivity index (χ1v) is 11.6. The standard InChI is InChI=1S/C25H21ClF2N6O3/c1-37-24(36)31-16-4-2-14(3-5-16)15-10-20-22(29-12-15)33-21(32-20)18-11-17(6-7-19(18)26)30-23(35)34-9-8-25(27,28)13-34/h2-7,10-12H,8-9,13H2,1H3,(H,30,35)(H,31,36)(H,29,32,33). The van der Waals surface area contributed by atoms with Gasteiger partial charge in [0.1, 0.15) is 5.82 Å². The van der Waals surface area contributed by atoms with Gasteiger partial charge in [-0.15, -0.1) is 0 Å². The lowest BCUT2D eigenvalue weighted by Gasteiger charge is -2.17. The van der Waals surface area contributed by atoms with Crippen molar-refractivity contribution in [1.82, 2.24) is 19.9 Å². The molecule has 1 fully saturated rings. The highest BCUT2D eigenvalue weighted by Gasteiger charge is 2.40. The highest BCUT2D eigenvalue weighted by Crippen LogP contribution is 2.32. The van der Waals surface area contributed by atoms with Crippen molar-refractivity contribution in [2.24, 2.45) is 0 Å². The van der Waals surface area contributed by atoms with Crippen LogP contribution in [0, 0.1) is 0 Å². The molecule has 2 aromatic heterocycles. The van der Waals surface area contributed by atoms with Gasteiger partial charge in [0, 0.05) is 41.7 Å². The van der Waals surface area contributed by atoms with Crippen LogP contribution in [-0.4, -0.2) is 58.1 Å². The maximum Gasteiger partial charge on any atom is 0.411 e. The van der Waals surface area contributed by atoms with Crippen LogP contribution in [0.15, 0.2) is 54.7 Å². The van der Waals surface area contributed by atoms with Crippen LogP contribution in [0.2, 0.25) is 5.02 Å². The van der Waals surface area contributed by atoms with Gasteiger partial charge < -0.3 is 19.9 Å². The highest BCUT2D eigenvalue weighted by atomic mass is 35.5. The van der Waals surface area contributed by atoms with Crippen LogP contribution in [0.5, 0.6) is 0 Å². The Morgan fingerprint density at radius 3 is 2.54 bits per heavy atom. The topological polar surface area (TPSA) is 112 Å². The molecule has 0 saturated carbocycles. The number of pyridine rings is 1. The fourth-order valence-electron chi connectivity index (χ4n) is 4.00. The number of carbonyl (C=O) groups is 2. The molecule has 0 unspecified atom stereocenters. The Balaban J connectivity index is 1.37. The zero-order valence-corrected chi connectivity index (χ0v) is 20.3. The zero-order valence-electron chi connectivity index (χ0n) is 19.5. The van der Waals surface area contributed by atoms with Gasteiger partial charge in [0.2, 0.25) is 0 Å². The van der Waals surface area contributed by atoms with Gasteiger partial charge in [0.05, 0.1) is 24.2 Å². The van der Waals surface area contributed by atoms with E-state index in [0.717, 1.165) is 16.0 Å². The predicted molar refractivity (Wildman–Crippen MR) is 136 cm³/mol. The number of likely N-dealkylation sites (tertiary alicyclic amines) is 1. The molecule has 3 heterocycles. The maximum absolute atomic E-state index is 13.5. The normalized spacial score (nSPS) is 14.5. The van der Waals surface area contributed by atoms with E-state index in [-0.39, 0.29) is 13.0 Å². The minimum atomic E-state index is -2.87. The van der Waals surface area contributed by atoms with E-state index in [1.165, 1.54) is 7.11 Å². The van der Waals surface area contributed by atoms with Gasteiger partial charge in [-0.05, 0) is 42.0 Å². The van der Waals surface area contributed by atoms with E-state index in [2.05, 4.69) is 30.3 Å². The summed E-state index contributed by atoms with van der Waals surface area (Å²) in [5, 5.41) is 5.63. The van der Waals surface area contributed by atoms with Gasteiger partial charge in [-0.1, -0.05) is 23.7 Å². The molecule has 2 aromatic carbocycles. The third-order valence-corrected chi connectivity index (χ3v) is 6.25. The minimum absolute atomic E-state index is 0.0125. The summed E-state index contributed by atoms with van der Waals surface area (Å²) in [7, 11) is 1.29. The van der Waals surface area contributed by atoms with Crippen molar-refractivity contribution in [3.63, 3.8) is 0 Å². The molecule has 0 bridgehead atoms. The van der Waals surface area contributed by atoms with E-state index in [4.69, 9.17) is 11.6 Å². The molecule has 1 aliphatic rings. The molecule has 1 aliphatic heterocycles. The van der Waals surface area contributed by atoms with Crippen molar-refractivity contribution >= 4 is 46.3 Å². The number of nitrogens with zero attached hydrogens (tertiary/aromatic N) is 3. The molecular formula is C25H21ClF2N6O3.